The summed E-state index contributed by atoms with van der Waals surface area (Å²) >= 11 is 0. The normalized spacial score (nSPS) is 10.8. The van der Waals surface area contributed by atoms with Crippen LogP contribution < -0.4 is 5.32 Å². The van der Waals surface area contributed by atoms with Gasteiger partial charge in [0, 0.05) is 18.3 Å². The van der Waals surface area contributed by atoms with E-state index in [4.69, 9.17) is 4.42 Å². The largest absolute Gasteiger partial charge is 0.467 e. The minimum absolute atomic E-state index is 0.0999. The summed E-state index contributed by atoms with van der Waals surface area (Å²) in [5.74, 6) is 0.0526. The van der Waals surface area contributed by atoms with Gasteiger partial charge in [-0.15, -0.1) is 0 Å². The third-order valence-corrected chi connectivity index (χ3v) is 5.14. The highest BCUT2D eigenvalue weighted by atomic mass is 19.1. The molecule has 0 unspecified atom stereocenters. The lowest BCUT2D eigenvalue weighted by molar-refractivity contribution is -0.133. The van der Waals surface area contributed by atoms with Gasteiger partial charge in [0.05, 0.1) is 12.8 Å². The number of rotatable bonds is 8. The molecule has 0 aliphatic carbocycles. The minimum Gasteiger partial charge on any atom is -0.467 e. The SMILES string of the molecule is Cc1ccccc1NC(=O)N(CC(=O)N(Cc1ccc(F)cc1)Cc1ccco1)C(C)C. The van der Waals surface area contributed by atoms with E-state index in [0.29, 0.717) is 11.4 Å². The Bertz CT molecular complexity index is 1030. The molecular formula is C25H28FN3O3. The molecular weight excluding hydrogens is 409 g/mol. The summed E-state index contributed by atoms with van der Waals surface area (Å²) in [4.78, 5) is 29.3. The van der Waals surface area contributed by atoms with Crippen molar-refractivity contribution in [3.8, 4) is 0 Å². The molecule has 0 atom stereocenters. The number of hydrogen-bond donors (Lipinski definition) is 1. The van der Waals surface area contributed by atoms with E-state index >= 15 is 0 Å². The molecule has 0 saturated carbocycles. The molecule has 2 aromatic carbocycles. The van der Waals surface area contributed by atoms with E-state index in [0.717, 1.165) is 11.1 Å². The highest BCUT2D eigenvalue weighted by Gasteiger charge is 2.24. The van der Waals surface area contributed by atoms with E-state index in [9.17, 15) is 14.0 Å². The fraction of sp³-hybridized carbons (Fsp3) is 0.280. The summed E-state index contributed by atoms with van der Waals surface area (Å²) in [6, 6.07) is 16.5. The predicted molar refractivity (Wildman–Crippen MR) is 121 cm³/mol. The second kappa shape index (κ2) is 10.6. The molecule has 3 aromatic rings. The van der Waals surface area contributed by atoms with Crippen LogP contribution in [-0.4, -0.2) is 34.3 Å². The molecule has 0 bridgehead atoms. The Labute approximate surface area is 187 Å². The van der Waals surface area contributed by atoms with Gasteiger partial charge in [0.2, 0.25) is 5.91 Å². The topological polar surface area (TPSA) is 65.8 Å². The number of carbonyl (C=O) groups is 2. The van der Waals surface area contributed by atoms with E-state index in [-0.39, 0.29) is 43.4 Å². The zero-order valence-corrected chi connectivity index (χ0v) is 18.5. The molecule has 1 heterocycles. The highest BCUT2D eigenvalue weighted by Crippen LogP contribution is 2.16. The van der Waals surface area contributed by atoms with Crippen molar-refractivity contribution >= 4 is 17.6 Å². The van der Waals surface area contributed by atoms with E-state index in [1.165, 1.54) is 17.0 Å². The van der Waals surface area contributed by atoms with Crippen molar-refractivity contribution in [1.82, 2.24) is 9.80 Å². The molecule has 7 heteroatoms. The van der Waals surface area contributed by atoms with Crippen molar-refractivity contribution in [1.29, 1.82) is 0 Å². The number of furan rings is 1. The smallest absolute Gasteiger partial charge is 0.322 e. The van der Waals surface area contributed by atoms with Gasteiger partial charge in [-0.2, -0.15) is 0 Å². The number of nitrogens with zero attached hydrogens (tertiary/aromatic N) is 2. The standard InChI is InChI=1S/C25H28FN3O3/c1-18(2)29(25(31)27-23-9-5-4-7-19(23)3)17-24(30)28(16-22-8-6-14-32-22)15-20-10-12-21(26)13-11-20/h4-14,18H,15-17H2,1-3H3,(H,27,31). The number of aryl methyl sites for hydroxylation is 1. The number of para-hydroxylation sites is 1. The molecule has 168 valence electrons. The Hall–Kier alpha value is -3.61. The molecule has 0 spiro atoms. The third-order valence-electron chi connectivity index (χ3n) is 5.14. The van der Waals surface area contributed by atoms with Gasteiger partial charge in [-0.25, -0.2) is 9.18 Å². The first-order valence-electron chi connectivity index (χ1n) is 10.5. The highest BCUT2D eigenvalue weighted by molar-refractivity contribution is 5.93. The van der Waals surface area contributed by atoms with E-state index in [1.54, 1.807) is 35.4 Å². The van der Waals surface area contributed by atoms with Gasteiger partial charge in [0.15, 0.2) is 0 Å². The minimum atomic E-state index is -0.345. The molecule has 32 heavy (non-hydrogen) atoms. The van der Waals surface area contributed by atoms with Crippen molar-refractivity contribution < 1.29 is 18.4 Å². The Kier molecular flexibility index (Phi) is 7.65. The first-order chi connectivity index (χ1) is 15.3. The van der Waals surface area contributed by atoms with Crippen molar-refractivity contribution in [2.75, 3.05) is 11.9 Å². The Morgan fingerprint density at radius 3 is 2.34 bits per heavy atom. The number of benzene rings is 2. The quantitative estimate of drug-likeness (QED) is 0.527. The summed E-state index contributed by atoms with van der Waals surface area (Å²) in [5, 5.41) is 2.89. The fourth-order valence-corrected chi connectivity index (χ4v) is 3.27. The summed E-state index contributed by atoms with van der Waals surface area (Å²) in [5.41, 5.74) is 2.42. The van der Waals surface area contributed by atoms with E-state index < -0.39 is 0 Å². The van der Waals surface area contributed by atoms with Gasteiger partial charge in [0.1, 0.15) is 18.1 Å². The van der Waals surface area contributed by atoms with Crippen molar-refractivity contribution in [3.63, 3.8) is 0 Å². The number of anilines is 1. The van der Waals surface area contributed by atoms with Crippen LogP contribution in [0.2, 0.25) is 0 Å². The van der Waals surface area contributed by atoms with Crippen LogP contribution in [-0.2, 0) is 17.9 Å². The van der Waals surface area contributed by atoms with Crippen LogP contribution in [0.3, 0.4) is 0 Å². The lowest BCUT2D eigenvalue weighted by atomic mass is 10.2. The Morgan fingerprint density at radius 1 is 1.00 bits per heavy atom. The van der Waals surface area contributed by atoms with Crippen molar-refractivity contribution in [2.24, 2.45) is 0 Å². The van der Waals surface area contributed by atoms with Gasteiger partial charge in [-0.05, 0) is 62.2 Å². The third kappa shape index (κ3) is 6.20. The summed E-state index contributed by atoms with van der Waals surface area (Å²) in [6.07, 6.45) is 1.55. The van der Waals surface area contributed by atoms with Crippen molar-refractivity contribution in [2.45, 2.75) is 39.9 Å². The maximum absolute atomic E-state index is 13.3. The Balaban J connectivity index is 1.75. The van der Waals surface area contributed by atoms with Gasteiger partial charge >= 0.3 is 6.03 Å². The van der Waals surface area contributed by atoms with Crippen molar-refractivity contribution in [3.05, 3.63) is 89.6 Å². The first-order valence-corrected chi connectivity index (χ1v) is 10.5. The molecule has 3 amide bonds. The van der Waals surface area contributed by atoms with Gasteiger partial charge in [-0.1, -0.05) is 30.3 Å². The summed E-state index contributed by atoms with van der Waals surface area (Å²) in [6.45, 7) is 6.05. The number of amides is 3. The zero-order valence-electron chi connectivity index (χ0n) is 18.5. The van der Waals surface area contributed by atoms with Crippen LogP contribution in [0.25, 0.3) is 0 Å². The van der Waals surface area contributed by atoms with Crippen LogP contribution in [0.15, 0.2) is 71.3 Å². The molecule has 0 aliphatic rings. The van der Waals surface area contributed by atoms with Gasteiger partial charge in [-0.3, -0.25) is 4.79 Å². The number of nitrogens with one attached hydrogen (secondary N) is 1. The maximum atomic E-state index is 13.3. The molecule has 1 N–H and O–H groups in total. The fourth-order valence-electron chi connectivity index (χ4n) is 3.27. The van der Waals surface area contributed by atoms with Crippen LogP contribution in [0.1, 0.15) is 30.7 Å². The monoisotopic (exact) mass is 437 g/mol. The van der Waals surface area contributed by atoms with Crippen LogP contribution in [0, 0.1) is 12.7 Å². The zero-order chi connectivity index (χ0) is 23.1. The lowest BCUT2D eigenvalue weighted by Gasteiger charge is -2.30. The van der Waals surface area contributed by atoms with E-state index in [2.05, 4.69) is 5.32 Å². The molecule has 0 saturated heterocycles. The maximum Gasteiger partial charge on any atom is 0.322 e. The first kappa shape index (κ1) is 23.1. The molecule has 3 rings (SSSR count). The second-order valence-electron chi connectivity index (χ2n) is 7.92. The number of halogens is 1. The predicted octanol–water partition coefficient (Wildman–Crippen LogP) is 5.20. The number of hydrogen-bond acceptors (Lipinski definition) is 3. The second-order valence-corrected chi connectivity index (χ2v) is 7.92. The van der Waals surface area contributed by atoms with Crippen LogP contribution in [0.4, 0.5) is 14.9 Å². The molecule has 6 nitrogen and oxygen atoms in total. The number of urea groups is 1. The van der Waals surface area contributed by atoms with Gasteiger partial charge < -0.3 is 19.5 Å². The van der Waals surface area contributed by atoms with Crippen LogP contribution in [0.5, 0.6) is 0 Å². The average Bonchev–Trinajstić information content (AvgIpc) is 3.27. The molecule has 1 aromatic heterocycles. The molecule has 0 aliphatic heterocycles. The number of carbonyl (C=O) groups excluding carboxylic acids is 2. The molecule has 0 fully saturated rings. The van der Waals surface area contributed by atoms with Crippen LogP contribution >= 0.6 is 0 Å². The molecule has 0 radical (unpaired) electrons. The van der Waals surface area contributed by atoms with Gasteiger partial charge in [0.25, 0.3) is 0 Å². The Morgan fingerprint density at radius 2 is 1.72 bits per heavy atom. The summed E-state index contributed by atoms with van der Waals surface area (Å²) < 4.78 is 18.7. The average molecular weight is 438 g/mol. The van der Waals surface area contributed by atoms with E-state index in [1.807, 2.05) is 45.0 Å². The lowest BCUT2D eigenvalue weighted by Crippen LogP contribution is -2.47. The summed E-state index contributed by atoms with van der Waals surface area (Å²) in [7, 11) is 0.